The number of anilines is 2. The number of rotatable bonds is 6. The van der Waals surface area contributed by atoms with Gasteiger partial charge in [-0.25, -0.2) is 12.8 Å². The number of carbonyl (C=O) groups is 1. The monoisotopic (exact) mass is 436 g/mol. The number of aromatic amines is 1. The van der Waals surface area contributed by atoms with Crippen molar-refractivity contribution in [1.82, 2.24) is 10.2 Å². The third-order valence-corrected chi connectivity index (χ3v) is 5.85. The Morgan fingerprint density at radius 2 is 1.71 bits per heavy atom. The maximum Gasteiger partial charge on any atom is 0.261 e. The van der Waals surface area contributed by atoms with Gasteiger partial charge in [0.25, 0.3) is 15.9 Å². The molecule has 156 valence electrons. The summed E-state index contributed by atoms with van der Waals surface area (Å²) >= 11 is 0. The second-order valence-corrected chi connectivity index (χ2v) is 8.29. The standard InChI is InChI=1S/C22H17FN4O3S/c23-16-8-10-18(11-9-16)31(29,30)27-21-7-2-1-6-19(21)22(28)25-17-5-3-4-15(14-17)20-12-13-24-26-20/h1-14,27H,(H,24,26)(H,25,28). The molecule has 0 unspecified atom stereocenters. The lowest BCUT2D eigenvalue weighted by Crippen LogP contribution is -2.18. The molecular weight excluding hydrogens is 419 g/mol. The van der Waals surface area contributed by atoms with Crippen LogP contribution in [0.15, 0.2) is 90.0 Å². The minimum atomic E-state index is -4.00. The number of hydrogen-bond donors (Lipinski definition) is 3. The van der Waals surface area contributed by atoms with E-state index in [9.17, 15) is 17.6 Å². The van der Waals surface area contributed by atoms with Gasteiger partial charge in [-0.3, -0.25) is 14.6 Å². The summed E-state index contributed by atoms with van der Waals surface area (Å²) in [7, 11) is -4.00. The lowest BCUT2D eigenvalue weighted by Gasteiger charge is -2.13. The first kappa shape index (κ1) is 20.3. The second kappa shape index (κ2) is 8.41. The van der Waals surface area contributed by atoms with E-state index in [1.54, 1.807) is 42.6 Å². The van der Waals surface area contributed by atoms with Crippen molar-refractivity contribution in [3.63, 3.8) is 0 Å². The summed E-state index contributed by atoms with van der Waals surface area (Å²) in [5.74, 6) is -1.03. The van der Waals surface area contributed by atoms with E-state index < -0.39 is 21.7 Å². The van der Waals surface area contributed by atoms with Crippen molar-refractivity contribution in [3.8, 4) is 11.3 Å². The van der Waals surface area contributed by atoms with E-state index in [1.165, 1.54) is 12.1 Å². The van der Waals surface area contributed by atoms with Gasteiger partial charge in [0.1, 0.15) is 5.82 Å². The molecule has 0 fully saturated rings. The van der Waals surface area contributed by atoms with Gasteiger partial charge in [-0.05, 0) is 54.6 Å². The van der Waals surface area contributed by atoms with Gasteiger partial charge in [-0.15, -0.1) is 0 Å². The van der Waals surface area contributed by atoms with Crippen LogP contribution in [0, 0.1) is 5.82 Å². The summed E-state index contributed by atoms with van der Waals surface area (Å²) in [5.41, 5.74) is 2.41. The number of amides is 1. The molecule has 7 nitrogen and oxygen atoms in total. The van der Waals surface area contributed by atoms with Gasteiger partial charge < -0.3 is 5.32 Å². The van der Waals surface area contributed by atoms with E-state index >= 15 is 0 Å². The van der Waals surface area contributed by atoms with Crippen LogP contribution in [0.4, 0.5) is 15.8 Å². The lowest BCUT2D eigenvalue weighted by atomic mass is 10.1. The van der Waals surface area contributed by atoms with Gasteiger partial charge in [0.15, 0.2) is 0 Å². The highest BCUT2D eigenvalue weighted by atomic mass is 32.2. The lowest BCUT2D eigenvalue weighted by molar-refractivity contribution is 0.102. The van der Waals surface area contributed by atoms with E-state index in [2.05, 4.69) is 20.2 Å². The largest absolute Gasteiger partial charge is 0.322 e. The molecule has 0 saturated carbocycles. The summed E-state index contributed by atoms with van der Waals surface area (Å²) in [6.07, 6.45) is 1.63. The fourth-order valence-electron chi connectivity index (χ4n) is 2.97. The van der Waals surface area contributed by atoms with Crippen molar-refractivity contribution in [2.24, 2.45) is 0 Å². The molecule has 9 heteroatoms. The number of hydrogen-bond acceptors (Lipinski definition) is 4. The van der Waals surface area contributed by atoms with Crippen LogP contribution in [0.5, 0.6) is 0 Å². The molecule has 4 aromatic rings. The number of nitrogens with one attached hydrogen (secondary N) is 3. The predicted molar refractivity (Wildman–Crippen MR) is 116 cm³/mol. The van der Waals surface area contributed by atoms with Crippen molar-refractivity contribution < 1.29 is 17.6 Å². The van der Waals surface area contributed by atoms with E-state index in [-0.39, 0.29) is 16.1 Å². The number of aromatic nitrogens is 2. The summed E-state index contributed by atoms with van der Waals surface area (Å²) < 4.78 is 40.8. The first-order chi connectivity index (χ1) is 14.9. The summed E-state index contributed by atoms with van der Waals surface area (Å²) in [6, 6.07) is 19.6. The number of nitrogens with zero attached hydrogens (tertiary/aromatic N) is 1. The average molecular weight is 436 g/mol. The van der Waals surface area contributed by atoms with Crippen molar-refractivity contribution in [2.75, 3.05) is 10.0 Å². The quantitative estimate of drug-likeness (QED) is 0.420. The maximum absolute atomic E-state index is 13.1. The molecule has 1 aromatic heterocycles. The smallest absolute Gasteiger partial charge is 0.261 e. The Morgan fingerprint density at radius 3 is 2.45 bits per heavy atom. The van der Waals surface area contributed by atoms with E-state index in [0.717, 1.165) is 35.5 Å². The number of halogens is 1. The van der Waals surface area contributed by atoms with E-state index in [0.29, 0.717) is 5.69 Å². The SMILES string of the molecule is O=C(Nc1cccc(-c2ccn[nH]2)c1)c1ccccc1NS(=O)(=O)c1ccc(F)cc1. The molecular formula is C22H17FN4O3S. The Hall–Kier alpha value is -3.98. The molecule has 0 aliphatic heterocycles. The van der Waals surface area contributed by atoms with Crippen molar-refractivity contribution in [2.45, 2.75) is 4.90 Å². The van der Waals surface area contributed by atoms with Crippen LogP contribution in [0.3, 0.4) is 0 Å². The highest BCUT2D eigenvalue weighted by Crippen LogP contribution is 2.24. The molecule has 0 radical (unpaired) electrons. The average Bonchev–Trinajstić information content (AvgIpc) is 3.29. The number of benzene rings is 3. The van der Waals surface area contributed by atoms with Gasteiger partial charge in [-0.1, -0.05) is 24.3 Å². The van der Waals surface area contributed by atoms with Gasteiger partial charge in [0.2, 0.25) is 0 Å². The summed E-state index contributed by atoms with van der Waals surface area (Å²) in [4.78, 5) is 12.8. The number of sulfonamides is 1. The number of carbonyl (C=O) groups excluding carboxylic acids is 1. The number of para-hydroxylation sites is 1. The molecule has 0 spiro atoms. The Balaban J connectivity index is 1.58. The molecule has 31 heavy (non-hydrogen) atoms. The minimum absolute atomic E-state index is 0.106. The first-order valence-electron chi connectivity index (χ1n) is 9.21. The minimum Gasteiger partial charge on any atom is -0.322 e. The highest BCUT2D eigenvalue weighted by molar-refractivity contribution is 7.92. The van der Waals surface area contributed by atoms with E-state index in [4.69, 9.17) is 0 Å². The molecule has 1 heterocycles. The molecule has 0 saturated heterocycles. The zero-order valence-electron chi connectivity index (χ0n) is 16.0. The van der Waals surface area contributed by atoms with E-state index in [1.807, 2.05) is 6.07 Å². The second-order valence-electron chi connectivity index (χ2n) is 6.61. The zero-order valence-corrected chi connectivity index (χ0v) is 16.9. The number of H-pyrrole nitrogens is 1. The van der Waals surface area contributed by atoms with Crippen LogP contribution in [0.1, 0.15) is 10.4 Å². The zero-order chi connectivity index (χ0) is 21.8. The topological polar surface area (TPSA) is 104 Å². The summed E-state index contributed by atoms with van der Waals surface area (Å²) in [5, 5.41) is 9.55. The van der Waals surface area contributed by atoms with Crippen molar-refractivity contribution >= 4 is 27.3 Å². The Bertz CT molecular complexity index is 1320. The predicted octanol–water partition coefficient (Wildman–Crippen LogP) is 4.27. The molecule has 3 N–H and O–H groups in total. The third kappa shape index (κ3) is 4.62. The van der Waals surface area contributed by atoms with Crippen LogP contribution >= 0.6 is 0 Å². The van der Waals surface area contributed by atoms with Crippen LogP contribution < -0.4 is 10.0 Å². The Morgan fingerprint density at radius 1 is 0.935 bits per heavy atom. The van der Waals surface area contributed by atoms with Gasteiger partial charge in [0, 0.05) is 17.4 Å². The van der Waals surface area contributed by atoms with Crippen LogP contribution in [-0.4, -0.2) is 24.5 Å². The van der Waals surface area contributed by atoms with Crippen molar-refractivity contribution in [3.05, 3.63) is 96.4 Å². The molecule has 0 aliphatic carbocycles. The van der Waals surface area contributed by atoms with Crippen LogP contribution in [-0.2, 0) is 10.0 Å². The maximum atomic E-state index is 13.1. The fourth-order valence-corrected chi connectivity index (χ4v) is 4.05. The first-order valence-corrected chi connectivity index (χ1v) is 10.7. The molecule has 0 aliphatic rings. The molecule has 0 atom stereocenters. The Kier molecular flexibility index (Phi) is 5.50. The molecule has 4 rings (SSSR count). The third-order valence-electron chi connectivity index (χ3n) is 4.47. The normalized spacial score (nSPS) is 11.1. The van der Waals surface area contributed by atoms with Gasteiger partial charge in [0.05, 0.1) is 21.8 Å². The molecule has 3 aromatic carbocycles. The highest BCUT2D eigenvalue weighted by Gasteiger charge is 2.19. The van der Waals surface area contributed by atoms with Crippen molar-refractivity contribution in [1.29, 1.82) is 0 Å². The summed E-state index contributed by atoms with van der Waals surface area (Å²) in [6.45, 7) is 0. The van der Waals surface area contributed by atoms with Crippen LogP contribution in [0.2, 0.25) is 0 Å². The molecule has 1 amide bonds. The fraction of sp³-hybridized carbons (Fsp3) is 0. The Labute approximate surface area is 178 Å². The van der Waals surface area contributed by atoms with Gasteiger partial charge in [-0.2, -0.15) is 5.10 Å². The van der Waals surface area contributed by atoms with Crippen LogP contribution in [0.25, 0.3) is 11.3 Å². The molecule has 0 bridgehead atoms. The van der Waals surface area contributed by atoms with Gasteiger partial charge >= 0.3 is 0 Å².